The number of nitrogens with one attached hydrogen (secondary N) is 3. The number of carbonyl (C=O) groups is 6. The van der Waals surface area contributed by atoms with Crippen LogP contribution in [0.2, 0.25) is 0 Å². The van der Waals surface area contributed by atoms with Gasteiger partial charge >= 0.3 is 0 Å². The molecule has 4 aromatic heterocycles. The second kappa shape index (κ2) is 18.8. The van der Waals surface area contributed by atoms with Crippen molar-refractivity contribution in [2.24, 2.45) is 4.36 Å². The van der Waals surface area contributed by atoms with Crippen LogP contribution in [0.3, 0.4) is 0 Å². The number of pyridine rings is 1. The van der Waals surface area contributed by atoms with E-state index in [4.69, 9.17) is 24.2 Å². The number of aromatic amines is 1. The Morgan fingerprint density at radius 2 is 1.88 bits per heavy atom. The molecular weight excluding hydrogens is 889 g/mol. The topological polar surface area (TPSA) is 275 Å². The summed E-state index contributed by atoms with van der Waals surface area (Å²) in [5.41, 5.74) is 2.73. The first-order valence-electron chi connectivity index (χ1n) is 21.9. The summed E-state index contributed by atoms with van der Waals surface area (Å²) in [6.45, 7) is 4.26. The summed E-state index contributed by atoms with van der Waals surface area (Å²) >= 11 is 0. The molecule has 0 radical (unpaired) electrons. The van der Waals surface area contributed by atoms with Crippen molar-refractivity contribution in [3.63, 3.8) is 0 Å². The van der Waals surface area contributed by atoms with Gasteiger partial charge in [0.2, 0.25) is 17.7 Å². The normalized spacial score (nSPS) is 19.9. The van der Waals surface area contributed by atoms with Gasteiger partial charge in [0.15, 0.2) is 5.82 Å². The Kier molecular flexibility index (Phi) is 12.7. The van der Waals surface area contributed by atoms with Gasteiger partial charge in [0.1, 0.15) is 24.1 Å². The molecule has 0 bridgehead atoms. The zero-order valence-electron chi connectivity index (χ0n) is 36.8. The molecule has 2 saturated heterocycles. The van der Waals surface area contributed by atoms with E-state index in [-0.39, 0.29) is 75.0 Å². The molecule has 0 spiro atoms. The lowest BCUT2D eigenvalue weighted by Gasteiger charge is -2.35. The van der Waals surface area contributed by atoms with Gasteiger partial charge in [-0.25, -0.2) is 23.8 Å². The SMILES string of the molecule is C[C@@H]1COCCN1c1cc(C2([S@@](C)(=O)=NC(=O)CCc3cn(CCOCCOCC(=O)Nc4cccc5c4C(=O)N(C4CCC(=O)NC4=O)C5=O)nn3)CC2)nc(-c2ccnc3[nH]ccc23)n1. The third kappa shape index (κ3) is 9.31. The number of piperidine rings is 1. The number of hydrogen-bond donors (Lipinski definition) is 3. The Hall–Kier alpha value is -6.82. The number of amides is 6. The van der Waals surface area contributed by atoms with Crippen LogP contribution in [-0.2, 0) is 60.8 Å². The number of imide groups is 2. The number of rotatable bonds is 17. The van der Waals surface area contributed by atoms with Gasteiger partial charge in [-0.1, -0.05) is 11.3 Å². The number of fused-ring (bicyclic) bond motifs is 2. The Balaban J connectivity index is 0.740. The number of morpholine rings is 1. The Morgan fingerprint density at radius 3 is 2.69 bits per heavy atom. The molecule has 22 nitrogen and oxygen atoms in total. The third-order valence-corrected chi connectivity index (χ3v) is 14.9. The summed E-state index contributed by atoms with van der Waals surface area (Å²) in [5.74, 6) is -2.53. The van der Waals surface area contributed by atoms with Crippen molar-refractivity contribution in [1.82, 2.24) is 45.1 Å². The smallest absolute Gasteiger partial charge is 0.264 e. The lowest BCUT2D eigenvalue weighted by atomic mass is 10.0. The summed E-state index contributed by atoms with van der Waals surface area (Å²) < 4.78 is 36.2. The number of aryl methyl sites for hydroxylation is 1. The molecule has 3 N–H and O–H groups in total. The second-order valence-corrected chi connectivity index (χ2v) is 19.4. The largest absolute Gasteiger partial charge is 0.377 e. The van der Waals surface area contributed by atoms with Crippen molar-refractivity contribution in [3.05, 3.63) is 77.5 Å². The number of benzene rings is 1. The molecule has 4 aliphatic rings. The molecular formula is C44H48N12O10S. The van der Waals surface area contributed by atoms with Crippen LogP contribution in [-0.4, -0.2) is 144 Å². The van der Waals surface area contributed by atoms with Crippen LogP contribution >= 0.6 is 0 Å². The average molecular weight is 937 g/mol. The molecule has 3 atom stereocenters. The van der Waals surface area contributed by atoms with E-state index in [1.807, 2.05) is 24.4 Å². The molecule has 9 rings (SSSR count). The van der Waals surface area contributed by atoms with Gasteiger partial charge in [0.25, 0.3) is 17.7 Å². The fraction of sp³-hybridized carbons (Fsp3) is 0.432. The zero-order chi connectivity index (χ0) is 46.9. The number of carbonyl (C=O) groups excluding carboxylic acids is 6. The quantitative estimate of drug-likeness (QED) is 0.0890. The highest BCUT2D eigenvalue weighted by molar-refractivity contribution is 7.94. The van der Waals surface area contributed by atoms with Gasteiger partial charge < -0.3 is 29.4 Å². The van der Waals surface area contributed by atoms with E-state index in [2.05, 4.69) is 47.1 Å². The number of anilines is 2. The Labute approximate surface area is 383 Å². The highest BCUT2D eigenvalue weighted by Gasteiger charge is 2.54. The maximum atomic E-state index is 14.5. The minimum absolute atomic E-state index is 0.0113. The summed E-state index contributed by atoms with van der Waals surface area (Å²) in [6.07, 6.45) is 8.07. The van der Waals surface area contributed by atoms with Crippen LogP contribution in [0, 0.1) is 0 Å². The monoisotopic (exact) mass is 936 g/mol. The van der Waals surface area contributed by atoms with Crippen molar-refractivity contribution in [1.29, 1.82) is 0 Å². The van der Waals surface area contributed by atoms with Crippen molar-refractivity contribution in [2.45, 2.75) is 68.8 Å². The molecule has 1 saturated carbocycles. The Morgan fingerprint density at radius 1 is 1.04 bits per heavy atom. The van der Waals surface area contributed by atoms with Crippen LogP contribution < -0.4 is 15.5 Å². The van der Waals surface area contributed by atoms with Gasteiger partial charge in [-0.15, -0.1) is 5.10 Å². The van der Waals surface area contributed by atoms with Gasteiger partial charge in [-0.05, 0) is 50.5 Å². The number of aromatic nitrogens is 7. The van der Waals surface area contributed by atoms with Crippen LogP contribution in [0.1, 0.15) is 71.1 Å². The molecule has 6 amide bonds. The predicted octanol–water partition coefficient (Wildman–Crippen LogP) is 2.16. The summed E-state index contributed by atoms with van der Waals surface area (Å²) in [4.78, 5) is 96.9. The van der Waals surface area contributed by atoms with Crippen LogP contribution in [0.4, 0.5) is 11.5 Å². The molecule has 67 heavy (non-hydrogen) atoms. The molecule has 1 aliphatic carbocycles. The minimum Gasteiger partial charge on any atom is -0.377 e. The Bertz CT molecular complexity index is 2920. The van der Waals surface area contributed by atoms with Gasteiger partial charge in [-0.2, -0.15) is 4.36 Å². The first kappa shape index (κ1) is 45.3. The fourth-order valence-electron chi connectivity index (χ4n) is 8.57. The van der Waals surface area contributed by atoms with E-state index in [9.17, 15) is 33.0 Å². The molecule has 5 aromatic rings. The lowest BCUT2D eigenvalue weighted by molar-refractivity contribution is -0.136. The maximum Gasteiger partial charge on any atom is 0.264 e. The summed E-state index contributed by atoms with van der Waals surface area (Å²) in [7, 11) is -3.11. The van der Waals surface area contributed by atoms with E-state index < -0.39 is 56.0 Å². The van der Waals surface area contributed by atoms with Crippen molar-refractivity contribution < 1.29 is 47.2 Å². The van der Waals surface area contributed by atoms with Crippen LogP contribution in [0.25, 0.3) is 22.4 Å². The van der Waals surface area contributed by atoms with E-state index in [1.54, 1.807) is 17.1 Å². The number of ether oxygens (including phenoxy) is 3. The highest BCUT2D eigenvalue weighted by Crippen LogP contribution is 2.53. The first-order valence-corrected chi connectivity index (χ1v) is 23.8. The van der Waals surface area contributed by atoms with Crippen LogP contribution in [0.15, 0.2) is 59.4 Å². The van der Waals surface area contributed by atoms with E-state index in [1.165, 1.54) is 24.5 Å². The van der Waals surface area contributed by atoms with Crippen molar-refractivity contribution >= 4 is 67.7 Å². The van der Waals surface area contributed by atoms with Crippen LogP contribution in [0.5, 0.6) is 0 Å². The number of nitrogens with zero attached hydrogens (tertiary/aromatic N) is 9. The molecule has 1 aromatic carbocycles. The maximum absolute atomic E-state index is 14.5. The second-order valence-electron chi connectivity index (χ2n) is 16.8. The summed E-state index contributed by atoms with van der Waals surface area (Å²) in [6, 6.07) is 9.02. The van der Waals surface area contributed by atoms with E-state index in [0.717, 1.165) is 15.8 Å². The highest BCUT2D eigenvalue weighted by atomic mass is 32.2. The lowest BCUT2D eigenvalue weighted by Crippen LogP contribution is -2.54. The van der Waals surface area contributed by atoms with Gasteiger partial charge in [-0.3, -0.25) is 39.0 Å². The van der Waals surface area contributed by atoms with Gasteiger partial charge in [0.05, 0.1) is 88.3 Å². The summed E-state index contributed by atoms with van der Waals surface area (Å²) in [5, 5.41) is 13.9. The van der Waals surface area contributed by atoms with E-state index in [0.29, 0.717) is 67.8 Å². The van der Waals surface area contributed by atoms with Crippen molar-refractivity contribution in [2.75, 3.05) is 62.7 Å². The first-order chi connectivity index (χ1) is 32.3. The molecule has 3 aliphatic heterocycles. The minimum atomic E-state index is -3.11. The zero-order valence-corrected chi connectivity index (χ0v) is 37.6. The third-order valence-electron chi connectivity index (χ3n) is 12.2. The molecule has 3 fully saturated rings. The number of hydrogen-bond acceptors (Lipinski definition) is 16. The van der Waals surface area contributed by atoms with Gasteiger partial charge in [0, 0.05) is 67.7 Å². The van der Waals surface area contributed by atoms with Crippen molar-refractivity contribution in [3.8, 4) is 11.4 Å². The van der Waals surface area contributed by atoms with E-state index >= 15 is 0 Å². The molecule has 1 unspecified atom stereocenters. The predicted molar refractivity (Wildman–Crippen MR) is 239 cm³/mol. The molecule has 23 heteroatoms. The average Bonchev–Trinajstić information content (AvgIpc) is 3.66. The molecule has 350 valence electrons. The standard InChI is InChI=1S/C44H48N12O10S/c1-26-24-65-19-17-55(26)34-22-33(48-40(49-34)29-11-15-46-39-28(29)10-14-45-39)44(12-13-44)67(2,63)52-36(58)8-6-27-23-54(53-51-27)16-18-64-20-21-66-25-37(59)47-31-5-3-4-30-38(31)43(62)56(42(30)61)32-7-9-35(57)50-41(32)60/h3-5,10-11,14-15,22-23,26,32H,6-9,12-13,16-21,24-25H2,1-2H3,(H,45,46)(H,47,59)(H,50,57,60)/t26-,32?,67-/m1/s1. The number of H-pyrrole nitrogens is 1. The fourth-order valence-corrected chi connectivity index (χ4v) is 10.6. The molecule has 7 heterocycles.